The molecule has 10 aromatic rings. The van der Waals surface area contributed by atoms with Gasteiger partial charge in [0, 0.05) is 50.1 Å². The zero-order valence-corrected chi connectivity index (χ0v) is 33.5. The molecule has 62 heavy (non-hydrogen) atoms. The van der Waals surface area contributed by atoms with Gasteiger partial charge < -0.3 is 9.15 Å². The standard InChI is InChI=1S/C57H37N3O2/c1-5-17-36(18-6-1)40-33-41(45-27-15-30-47-46-28-13-25-43(51(46)61-53(45)47)37-19-7-2-8-20-37)35-42(34-40)56-58-55(39-23-11-4-12-24-39)59-57(60-56)50-32-16-31-49-48-29-14-26-44(52(48)62-54(49)50)38-21-9-3-10-22-38/h1-35,48,52H. The Morgan fingerprint density at radius 1 is 0.387 bits per heavy atom. The quantitative estimate of drug-likeness (QED) is 0.161. The second-order valence-electron chi connectivity index (χ2n) is 15.8. The summed E-state index contributed by atoms with van der Waals surface area (Å²) in [6, 6.07) is 67.2. The summed E-state index contributed by atoms with van der Waals surface area (Å²) in [5.74, 6) is 2.57. The first-order chi connectivity index (χ1) is 30.7. The van der Waals surface area contributed by atoms with Crippen LogP contribution in [0, 0.1) is 0 Å². The van der Waals surface area contributed by atoms with E-state index in [9.17, 15) is 0 Å². The zero-order valence-electron chi connectivity index (χ0n) is 33.5. The summed E-state index contributed by atoms with van der Waals surface area (Å²) in [6.07, 6.45) is 6.39. The van der Waals surface area contributed by atoms with Gasteiger partial charge >= 0.3 is 0 Å². The first-order valence-electron chi connectivity index (χ1n) is 21.0. The molecule has 0 fully saturated rings. The lowest BCUT2D eigenvalue weighted by Gasteiger charge is -2.23. The van der Waals surface area contributed by atoms with Crippen LogP contribution in [-0.2, 0) is 0 Å². The van der Waals surface area contributed by atoms with E-state index in [1.54, 1.807) is 0 Å². The van der Waals surface area contributed by atoms with E-state index in [2.05, 4.69) is 164 Å². The van der Waals surface area contributed by atoms with Crippen molar-refractivity contribution in [1.82, 2.24) is 15.0 Å². The molecule has 5 heteroatoms. The molecular formula is C57H37N3O2. The lowest BCUT2D eigenvalue weighted by atomic mass is 9.84. The predicted octanol–water partition coefficient (Wildman–Crippen LogP) is 14.3. The summed E-state index contributed by atoms with van der Waals surface area (Å²) in [5.41, 5.74) is 14.0. The van der Waals surface area contributed by atoms with Crippen LogP contribution in [0.1, 0.15) is 17.0 Å². The van der Waals surface area contributed by atoms with E-state index >= 15 is 0 Å². The molecule has 12 rings (SSSR count). The van der Waals surface area contributed by atoms with Gasteiger partial charge in [-0.25, -0.2) is 15.0 Å². The molecule has 1 aliphatic carbocycles. The van der Waals surface area contributed by atoms with Crippen LogP contribution in [-0.4, -0.2) is 21.1 Å². The van der Waals surface area contributed by atoms with Gasteiger partial charge in [-0.05, 0) is 52.1 Å². The number of benzene rings is 8. The monoisotopic (exact) mass is 795 g/mol. The lowest BCUT2D eigenvalue weighted by Crippen LogP contribution is -2.21. The highest BCUT2D eigenvalue weighted by molar-refractivity contribution is 6.13. The third kappa shape index (κ3) is 6.13. The molecule has 2 aromatic heterocycles. The highest BCUT2D eigenvalue weighted by atomic mass is 16.5. The number of allylic oxidation sites excluding steroid dienone is 2. The number of rotatable bonds is 7. The van der Waals surface area contributed by atoms with Gasteiger partial charge in [-0.1, -0.05) is 188 Å². The molecular weight excluding hydrogens is 759 g/mol. The van der Waals surface area contributed by atoms with Crippen LogP contribution >= 0.6 is 0 Å². The minimum atomic E-state index is -0.164. The van der Waals surface area contributed by atoms with Crippen LogP contribution in [0.3, 0.4) is 0 Å². The van der Waals surface area contributed by atoms with E-state index in [1.165, 1.54) is 0 Å². The third-order valence-electron chi connectivity index (χ3n) is 12.1. The third-order valence-corrected chi connectivity index (χ3v) is 12.1. The Labute approximate surface area is 359 Å². The molecule has 0 saturated heterocycles. The molecule has 2 atom stereocenters. The average Bonchev–Trinajstić information content (AvgIpc) is 3.94. The summed E-state index contributed by atoms with van der Waals surface area (Å²) >= 11 is 0. The highest BCUT2D eigenvalue weighted by Gasteiger charge is 2.39. The predicted molar refractivity (Wildman–Crippen MR) is 250 cm³/mol. The maximum atomic E-state index is 6.98. The number of hydrogen-bond donors (Lipinski definition) is 0. The number of ether oxygens (including phenoxy) is 1. The Morgan fingerprint density at radius 3 is 1.58 bits per heavy atom. The fourth-order valence-electron chi connectivity index (χ4n) is 9.16. The van der Waals surface area contributed by atoms with Crippen molar-refractivity contribution in [2.24, 2.45) is 0 Å². The van der Waals surface area contributed by atoms with Gasteiger partial charge in [-0.3, -0.25) is 0 Å². The minimum Gasteiger partial charge on any atom is -0.484 e. The molecule has 2 aliphatic rings. The summed E-state index contributed by atoms with van der Waals surface area (Å²) in [5, 5.41) is 2.14. The number of para-hydroxylation sites is 3. The molecule has 0 saturated carbocycles. The maximum Gasteiger partial charge on any atom is 0.167 e. The van der Waals surface area contributed by atoms with Crippen LogP contribution < -0.4 is 4.74 Å². The Balaban J connectivity index is 1.04. The molecule has 2 unspecified atom stereocenters. The zero-order chi connectivity index (χ0) is 41.0. The van der Waals surface area contributed by atoms with Crippen LogP contribution in [0.5, 0.6) is 5.75 Å². The largest absolute Gasteiger partial charge is 0.484 e. The van der Waals surface area contributed by atoms with Gasteiger partial charge in [-0.2, -0.15) is 0 Å². The van der Waals surface area contributed by atoms with Crippen molar-refractivity contribution in [3.8, 4) is 73.3 Å². The van der Waals surface area contributed by atoms with Gasteiger partial charge in [0.15, 0.2) is 17.5 Å². The van der Waals surface area contributed by atoms with Crippen LogP contribution in [0.15, 0.2) is 217 Å². The van der Waals surface area contributed by atoms with Crippen molar-refractivity contribution in [3.63, 3.8) is 0 Å². The van der Waals surface area contributed by atoms with E-state index < -0.39 is 0 Å². The van der Waals surface area contributed by atoms with Crippen LogP contribution in [0.4, 0.5) is 0 Å². The van der Waals surface area contributed by atoms with Crippen molar-refractivity contribution in [3.05, 3.63) is 223 Å². The van der Waals surface area contributed by atoms with Gasteiger partial charge in [0.2, 0.25) is 0 Å². The highest BCUT2D eigenvalue weighted by Crippen LogP contribution is 2.50. The summed E-state index contributed by atoms with van der Waals surface area (Å²) < 4.78 is 13.9. The molecule has 0 spiro atoms. The van der Waals surface area contributed by atoms with Gasteiger partial charge in [-0.15, -0.1) is 0 Å². The summed E-state index contributed by atoms with van der Waals surface area (Å²) in [7, 11) is 0. The van der Waals surface area contributed by atoms with Crippen LogP contribution in [0.25, 0.3) is 95.1 Å². The van der Waals surface area contributed by atoms with Crippen molar-refractivity contribution < 1.29 is 9.15 Å². The lowest BCUT2D eigenvalue weighted by molar-refractivity contribution is 0.279. The normalized spacial score (nSPS) is 15.3. The molecule has 1 aliphatic heterocycles. The number of nitrogens with zero attached hydrogens (tertiary/aromatic N) is 3. The Bertz CT molecular complexity index is 3380. The minimum absolute atomic E-state index is 0.0647. The molecule has 3 heterocycles. The molecule has 292 valence electrons. The fraction of sp³-hybridized carbons (Fsp3) is 0.0351. The Hall–Kier alpha value is -8.15. The SMILES string of the molecule is C1=CC2c3cccc(-c4nc(-c5ccccc5)nc(-c5cc(-c6ccccc6)cc(-c6cccc7c6oc6c(-c8ccccc8)cccc67)c5)n4)c3OC2C(c2ccccc2)=C1. The second-order valence-corrected chi connectivity index (χ2v) is 15.8. The number of fused-ring (bicyclic) bond motifs is 6. The second kappa shape index (κ2) is 14.8. The first-order valence-corrected chi connectivity index (χ1v) is 21.0. The average molecular weight is 796 g/mol. The van der Waals surface area contributed by atoms with Gasteiger partial charge in [0.1, 0.15) is 23.0 Å². The Morgan fingerprint density at radius 2 is 0.903 bits per heavy atom. The maximum absolute atomic E-state index is 6.98. The first kappa shape index (κ1) is 35.8. The van der Waals surface area contributed by atoms with E-state index in [0.29, 0.717) is 17.5 Å². The molecule has 0 amide bonds. The number of aromatic nitrogens is 3. The smallest absolute Gasteiger partial charge is 0.167 e. The van der Waals surface area contributed by atoms with Crippen molar-refractivity contribution in [1.29, 1.82) is 0 Å². The molecule has 8 aromatic carbocycles. The van der Waals surface area contributed by atoms with Gasteiger partial charge in [0.05, 0.1) is 5.56 Å². The topological polar surface area (TPSA) is 61.0 Å². The Kier molecular flexibility index (Phi) is 8.56. The van der Waals surface area contributed by atoms with Crippen molar-refractivity contribution >= 4 is 27.5 Å². The van der Waals surface area contributed by atoms with Crippen LogP contribution in [0.2, 0.25) is 0 Å². The van der Waals surface area contributed by atoms with E-state index in [4.69, 9.17) is 24.1 Å². The summed E-state index contributed by atoms with van der Waals surface area (Å²) in [4.78, 5) is 15.7. The van der Waals surface area contributed by atoms with Gasteiger partial charge in [0.25, 0.3) is 0 Å². The number of furan rings is 1. The molecule has 0 N–H and O–H groups in total. The fourth-order valence-corrected chi connectivity index (χ4v) is 9.16. The van der Waals surface area contributed by atoms with Crippen molar-refractivity contribution in [2.75, 3.05) is 0 Å². The molecule has 0 bridgehead atoms. The summed E-state index contributed by atoms with van der Waals surface area (Å²) in [6.45, 7) is 0. The van der Waals surface area contributed by atoms with E-state index in [0.717, 1.165) is 94.5 Å². The molecule has 5 nitrogen and oxygen atoms in total. The molecule has 0 radical (unpaired) electrons. The van der Waals surface area contributed by atoms with Crippen molar-refractivity contribution in [2.45, 2.75) is 12.0 Å². The van der Waals surface area contributed by atoms with E-state index in [1.807, 2.05) is 48.5 Å². The number of hydrogen-bond acceptors (Lipinski definition) is 5. The van der Waals surface area contributed by atoms with E-state index in [-0.39, 0.29) is 12.0 Å².